The van der Waals surface area contributed by atoms with Gasteiger partial charge in [0.15, 0.2) is 0 Å². The maximum atomic E-state index is 4.28. The van der Waals surface area contributed by atoms with Gasteiger partial charge in [-0.05, 0) is 42.9 Å². The predicted molar refractivity (Wildman–Crippen MR) is 72.1 cm³/mol. The van der Waals surface area contributed by atoms with Crippen LogP contribution in [-0.2, 0) is 5.41 Å². The molecule has 0 bridgehead atoms. The monoisotopic (exact) mass is 232 g/mol. The molecule has 0 spiro atoms. The Hall–Kier alpha value is -0.890. The van der Waals surface area contributed by atoms with Gasteiger partial charge >= 0.3 is 0 Å². The van der Waals surface area contributed by atoms with E-state index < -0.39 is 0 Å². The van der Waals surface area contributed by atoms with Gasteiger partial charge in [-0.15, -0.1) is 0 Å². The molecule has 0 aliphatic heterocycles. The van der Waals surface area contributed by atoms with Gasteiger partial charge in [0.1, 0.15) is 0 Å². The van der Waals surface area contributed by atoms with Gasteiger partial charge in [0, 0.05) is 24.4 Å². The normalized spacial score (nSPS) is 20.9. The van der Waals surface area contributed by atoms with Gasteiger partial charge in [0.2, 0.25) is 0 Å². The first kappa shape index (κ1) is 12.6. The summed E-state index contributed by atoms with van der Waals surface area (Å²) in [5.74, 6) is 0. The Morgan fingerprint density at radius 3 is 2.65 bits per heavy atom. The van der Waals surface area contributed by atoms with Crippen molar-refractivity contribution in [2.45, 2.75) is 45.4 Å². The molecule has 0 amide bonds. The van der Waals surface area contributed by atoms with E-state index in [4.69, 9.17) is 0 Å². The molecule has 2 nitrogen and oxygen atoms in total. The molecule has 2 rings (SSSR count). The van der Waals surface area contributed by atoms with Gasteiger partial charge in [-0.2, -0.15) is 0 Å². The fourth-order valence-corrected chi connectivity index (χ4v) is 3.39. The van der Waals surface area contributed by atoms with E-state index in [2.05, 4.69) is 43.2 Å². The van der Waals surface area contributed by atoms with Crippen LogP contribution in [0.25, 0.3) is 0 Å². The summed E-state index contributed by atoms with van der Waals surface area (Å²) in [5.41, 5.74) is 2.22. The third-order valence-electron chi connectivity index (χ3n) is 3.80. The van der Waals surface area contributed by atoms with Crippen molar-refractivity contribution in [3.8, 4) is 0 Å². The number of aromatic nitrogens is 1. The summed E-state index contributed by atoms with van der Waals surface area (Å²) in [7, 11) is 0. The lowest BCUT2D eigenvalue weighted by Gasteiger charge is -2.54. The average molecular weight is 232 g/mol. The number of pyridine rings is 1. The SMILES string of the molecule is CCCNCC1(c2cccnc2)CC(C)(C)C1. The van der Waals surface area contributed by atoms with Gasteiger partial charge in [0.05, 0.1) is 0 Å². The van der Waals surface area contributed by atoms with Gasteiger partial charge in [-0.25, -0.2) is 0 Å². The second-order valence-electron chi connectivity index (χ2n) is 6.22. The van der Waals surface area contributed by atoms with E-state index in [1.54, 1.807) is 0 Å². The highest BCUT2D eigenvalue weighted by Gasteiger charge is 2.49. The first-order chi connectivity index (χ1) is 8.08. The van der Waals surface area contributed by atoms with Crippen molar-refractivity contribution in [2.75, 3.05) is 13.1 Å². The molecule has 0 saturated heterocycles. The highest BCUT2D eigenvalue weighted by molar-refractivity contribution is 5.28. The Kier molecular flexibility index (Phi) is 3.53. The number of hydrogen-bond acceptors (Lipinski definition) is 2. The smallest absolute Gasteiger partial charge is 0.0306 e. The maximum Gasteiger partial charge on any atom is 0.0306 e. The molecule has 1 aromatic rings. The zero-order valence-corrected chi connectivity index (χ0v) is 11.3. The molecule has 0 atom stereocenters. The summed E-state index contributed by atoms with van der Waals surface area (Å²) >= 11 is 0. The van der Waals surface area contributed by atoms with Crippen molar-refractivity contribution in [3.63, 3.8) is 0 Å². The topological polar surface area (TPSA) is 24.9 Å². The lowest BCUT2D eigenvalue weighted by Crippen LogP contribution is -2.52. The maximum absolute atomic E-state index is 4.28. The molecule has 1 fully saturated rings. The largest absolute Gasteiger partial charge is 0.316 e. The van der Waals surface area contributed by atoms with Crippen LogP contribution in [0.15, 0.2) is 24.5 Å². The van der Waals surface area contributed by atoms with E-state index >= 15 is 0 Å². The Labute approximate surface area is 105 Å². The van der Waals surface area contributed by atoms with Crippen LogP contribution in [0.2, 0.25) is 0 Å². The van der Waals surface area contributed by atoms with E-state index in [-0.39, 0.29) is 0 Å². The standard InChI is InChI=1S/C15H24N2/c1-4-7-17-12-15(10-14(2,3)11-15)13-6-5-8-16-9-13/h5-6,8-9,17H,4,7,10-12H2,1-3H3. The van der Waals surface area contributed by atoms with Crippen LogP contribution in [0.4, 0.5) is 0 Å². The average Bonchev–Trinajstić information content (AvgIpc) is 2.28. The number of nitrogens with zero attached hydrogens (tertiary/aromatic N) is 1. The van der Waals surface area contributed by atoms with Crippen LogP contribution in [0.1, 0.15) is 45.6 Å². The minimum Gasteiger partial charge on any atom is -0.316 e. The van der Waals surface area contributed by atoms with Crippen molar-refractivity contribution in [3.05, 3.63) is 30.1 Å². The van der Waals surface area contributed by atoms with Crippen LogP contribution < -0.4 is 5.32 Å². The van der Waals surface area contributed by atoms with Crippen LogP contribution in [-0.4, -0.2) is 18.1 Å². The highest BCUT2D eigenvalue weighted by atomic mass is 14.9. The first-order valence-corrected chi connectivity index (χ1v) is 6.69. The Morgan fingerprint density at radius 1 is 1.35 bits per heavy atom. The molecule has 1 aliphatic carbocycles. The van der Waals surface area contributed by atoms with Crippen LogP contribution in [0.5, 0.6) is 0 Å². The zero-order chi connectivity index (χ0) is 12.4. The van der Waals surface area contributed by atoms with Gasteiger partial charge in [-0.1, -0.05) is 26.8 Å². The molecule has 94 valence electrons. The molecule has 0 radical (unpaired) electrons. The van der Waals surface area contributed by atoms with Crippen molar-refractivity contribution >= 4 is 0 Å². The molecule has 17 heavy (non-hydrogen) atoms. The summed E-state index contributed by atoms with van der Waals surface area (Å²) in [5, 5.41) is 3.59. The zero-order valence-electron chi connectivity index (χ0n) is 11.3. The Balaban J connectivity index is 2.10. The molecule has 2 heteroatoms. The summed E-state index contributed by atoms with van der Waals surface area (Å²) in [6.45, 7) is 9.15. The van der Waals surface area contributed by atoms with Gasteiger partial charge in [0.25, 0.3) is 0 Å². The summed E-state index contributed by atoms with van der Waals surface area (Å²) in [6.07, 6.45) is 7.64. The number of rotatable bonds is 5. The molecule has 1 saturated carbocycles. The molecular weight excluding hydrogens is 208 g/mol. The molecule has 1 aromatic heterocycles. The van der Waals surface area contributed by atoms with Crippen molar-refractivity contribution in [1.29, 1.82) is 0 Å². The van der Waals surface area contributed by atoms with Crippen molar-refractivity contribution in [2.24, 2.45) is 5.41 Å². The Bertz CT molecular complexity index is 348. The third-order valence-corrected chi connectivity index (χ3v) is 3.80. The summed E-state index contributed by atoms with van der Waals surface area (Å²) < 4.78 is 0. The van der Waals surface area contributed by atoms with Crippen LogP contribution in [0.3, 0.4) is 0 Å². The second kappa shape index (κ2) is 4.77. The fourth-order valence-electron chi connectivity index (χ4n) is 3.39. The third kappa shape index (κ3) is 2.68. The van der Waals surface area contributed by atoms with E-state index in [1.165, 1.54) is 24.8 Å². The predicted octanol–water partition coefficient (Wildman–Crippen LogP) is 3.14. The second-order valence-corrected chi connectivity index (χ2v) is 6.22. The van der Waals surface area contributed by atoms with Crippen molar-refractivity contribution < 1.29 is 0 Å². The lowest BCUT2D eigenvalue weighted by molar-refractivity contribution is 0.0562. The lowest BCUT2D eigenvalue weighted by atomic mass is 9.52. The minimum absolute atomic E-state index is 0.326. The molecular formula is C15H24N2. The quantitative estimate of drug-likeness (QED) is 0.789. The van der Waals surface area contributed by atoms with E-state index in [0.29, 0.717) is 10.8 Å². The van der Waals surface area contributed by atoms with Crippen molar-refractivity contribution in [1.82, 2.24) is 10.3 Å². The number of nitrogens with one attached hydrogen (secondary N) is 1. The first-order valence-electron chi connectivity index (χ1n) is 6.69. The Morgan fingerprint density at radius 2 is 2.12 bits per heavy atom. The van der Waals surface area contributed by atoms with E-state index in [9.17, 15) is 0 Å². The minimum atomic E-state index is 0.326. The fraction of sp³-hybridized carbons (Fsp3) is 0.667. The highest BCUT2D eigenvalue weighted by Crippen LogP contribution is 2.54. The molecule has 0 aromatic carbocycles. The number of hydrogen-bond donors (Lipinski definition) is 1. The van der Waals surface area contributed by atoms with Gasteiger partial charge < -0.3 is 5.32 Å². The van der Waals surface area contributed by atoms with Crippen LogP contribution >= 0.6 is 0 Å². The molecule has 1 aliphatic rings. The van der Waals surface area contributed by atoms with Gasteiger partial charge in [-0.3, -0.25) is 4.98 Å². The molecule has 1 N–H and O–H groups in total. The summed E-state index contributed by atoms with van der Waals surface area (Å²) in [6, 6.07) is 4.29. The van der Waals surface area contributed by atoms with E-state index in [1.807, 2.05) is 12.4 Å². The van der Waals surface area contributed by atoms with E-state index in [0.717, 1.165) is 13.1 Å². The summed E-state index contributed by atoms with van der Waals surface area (Å²) in [4.78, 5) is 4.28. The van der Waals surface area contributed by atoms with Crippen LogP contribution in [0, 0.1) is 5.41 Å². The molecule has 1 heterocycles. The molecule has 0 unspecified atom stereocenters.